The summed E-state index contributed by atoms with van der Waals surface area (Å²) < 4.78 is 0. The van der Waals surface area contributed by atoms with Gasteiger partial charge < -0.3 is 10.0 Å². The van der Waals surface area contributed by atoms with Gasteiger partial charge in [0.05, 0.1) is 17.1 Å². The lowest BCUT2D eigenvalue weighted by Crippen LogP contribution is -2.26. The van der Waals surface area contributed by atoms with Crippen molar-refractivity contribution in [1.82, 2.24) is 4.90 Å². The molecule has 3 heterocycles. The Morgan fingerprint density at radius 3 is 2.62 bits per heavy atom. The number of carboxylic acid groups (broad SMARTS) is 1. The van der Waals surface area contributed by atoms with Crippen molar-refractivity contribution in [3.8, 4) is 0 Å². The van der Waals surface area contributed by atoms with Crippen molar-refractivity contribution in [1.29, 1.82) is 0 Å². The third-order valence-corrected chi connectivity index (χ3v) is 6.71. The molecule has 2 aromatic rings. The highest BCUT2D eigenvalue weighted by molar-refractivity contribution is 8.03. The van der Waals surface area contributed by atoms with Crippen LogP contribution in [0.4, 0.5) is 0 Å². The normalized spacial score (nSPS) is 14.4. The monoisotopic (exact) mass is 377 g/mol. The molecule has 2 aromatic heterocycles. The molecule has 3 rings (SSSR count). The van der Waals surface area contributed by atoms with Gasteiger partial charge in [-0.05, 0) is 47.6 Å². The number of nitrogens with zero attached hydrogens (tertiary/aromatic N) is 1. The molecule has 6 heteroatoms. The summed E-state index contributed by atoms with van der Waals surface area (Å²) >= 11 is 5.16. The highest BCUT2D eigenvalue weighted by atomic mass is 32.2. The SMILES string of the molecule is O=C(O)C1=C(SCCCc2cccs2)N(Cc2cccs2)CC=C1. The highest BCUT2D eigenvalue weighted by Crippen LogP contribution is 2.31. The maximum atomic E-state index is 11.6. The third kappa shape index (κ3) is 4.53. The Hall–Kier alpha value is -1.50. The first-order valence-electron chi connectivity index (χ1n) is 7.80. The first-order valence-corrected chi connectivity index (χ1v) is 10.5. The van der Waals surface area contributed by atoms with Gasteiger partial charge in [0.25, 0.3) is 0 Å². The van der Waals surface area contributed by atoms with Crippen molar-refractivity contribution in [3.05, 3.63) is 67.5 Å². The number of hydrogen-bond donors (Lipinski definition) is 1. The molecule has 0 saturated heterocycles. The Bertz CT molecular complexity index is 718. The van der Waals surface area contributed by atoms with Gasteiger partial charge in [-0.2, -0.15) is 0 Å². The van der Waals surface area contributed by atoms with Crippen molar-refractivity contribution in [2.75, 3.05) is 12.3 Å². The number of rotatable bonds is 8. The lowest BCUT2D eigenvalue weighted by molar-refractivity contribution is -0.132. The van der Waals surface area contributed by atoms with E-state index < -0.39 is 5.97 Å². The summed E-state index contributed by atoms with van der Waals surface area (Å²) in [5.74, 6) is 0.0848. The van der Waals surface area contributed by atoms with E-state index >= 15 is 0 Å². The fourth-order valence-corrected chi connectivity index (χ4v) is 5.14. The number of thioether (sulfide) groups is 1. The topological polar surface area (TPSA) is 40.5 Å². The molecular weight excluding hydrogens is 358 g/mol. The zero-order valence-corrected chi connectivity index (χ0v) is 15.6. The summed E-state index contributed by atoms with van der Waals surface area (Å²) in [7, 11) is 0. The molecule has 0 saturated carbocycles. The Balaban J connectivity index is 1.65. The molecular formula is C18H19NO2S3. The van der Waals surface area contributed by atoms with Crippen molar-refractivity contribution >= 4 is 40.4 Å². The quantitative estimate of drug-likeness (QED) is 0.668. The first kappa shape index (κ1) is 17.3. The predicted octanol–water partition coefficient (Wildman–Crippen LogP) is 4.84. The van der Waals surface area contributed by atoms with Gasteiger partial charge in [0.15, 0.2) is 0 Å². The van der Waals surface area contributed by atoms with E-state index in [-0.39, 0.29) is 0 Å². The van der Waals surface area contributed by atoms with E-state index in [0.29, 0.717) is 5.57 Å². The number of aryl methyl sites for hydroxylation is 1. The predicted molar refractivity (Wildman–Crippen MR) is 104 cm³/mol. The fraction of sp³-hybridized carbons (Fsp3) is 0.278. The molecule has 0 atom stereocenters. The van der Waals surface area contributed by atoms with Gasteiger partial charge in [-0.1, -0.05) is 18.2 Å². The van der Waals surface area contributed by atoms with E-state index in [1.807, 2.05) is 12.1 Å². The van der Waals surface area contributed by atoms with Crippen LogP contribution in [0.5, 0.6) is 0 Å². The van der Waals surface area contributed by atoms with Crippen molar-refractivity contribution in [2.24, 2.45) is 0 Å². The Morgan fingerprint density at radius 2 is 1.96 bits per heavy atom. The molecule has 0 fully saturated rings. The third-order valence-electron chi connectivity index (χ3n) is 3.67. The second-order valence-electron chi connectivity index (χ2n) is 5.42. The van der Waals surface area contributed by atoms with Crippen LogP contribution >= 0.6 is 34.4 Å². The molecule has 0 spiro atoms. The summed E-state index contributed by atoms with van der Waals surface area (Å²) in [4.78, 5) is 16.4. The number of hydrogen-bond acceptors (Lipinski definition) is 5. The molecule has 0 aliphatic carbocycles. The largest absolute Gasteiger partial charge is 0.478 e. The van der Waals surface area contributed by atoms with Gasteiger partial charge in [-0.3, -0.25) is 0 Å². The minimum atomic E-state index is -0.845. The minimum Gasteiger partial charge on any atom is -0.478 e. The molecule has 1 N–H and O–H groups in total. The maximum Gasteiger partial charge on any atom is 0.338 e. The van der Waals surface area contributed by atoms with E-state index in [4.69, 9.17) is 0 Å². The van der Waals surface area contributed by atoms with Gasteiger partial charge in [0, 0.05) is 16.3 Å². The molecule has 0 amide bonds. The van der Waals surface area contributed by atoms with E-state index in [1.165, 1.54) is 9.75 Å². The Morgan fingerprint density at radius 1 is 1.21 bits per heavy atom. The number of carboxylic acids is 1. The fourth-order valence-electron chi connectivity index (χ4n) is 2.55. The van der Waals surface area contributed by atoms with Crippen molar-refractivity contribution in [2.45, 2.75) is 19.4 Å². The lowest BCUT2D eigenvalue weighted by Gasteiger charge is -2.29. The Labute approximate surface area is 154 Å². The first-order chi connectivity index (χ1) is 11.7. The van der Waals surface area contributed by atoms with Crippen molar-refractivity contribution < 1.29 is 9.90 Å². The van der Waals surface area contributed by atoms with Crippen LogP contribution in [0.15, 0.2) is 57.8 Å². The van der Waals surface area contributed by atoms with Gasteiger partial charge in [-0.15, -0.1) is 34.4 Å². The summed E-state index contributed by atoms with van der Waals surface area (Å²) in [6.07, 6.45) is 5.79. The standard InChI is InChI=1S/C18H19NO2S3/c20-18(21)16-8-1-9-19(13-15-7-4-11-23-15)17(16)24-12-3-6-14-5-2-10-22-14/h1-2,4-5,7-8,10-11H,3,6,9,12-13H2,(H,20,21). The van der Waals surface area contributed by atoms with Crippen LogP contribution in [0.2, 0.25) is 0 Å². The van der Waals surface area contributed by atoms with Gasteiger partial charge in [0.2, 0.25) is 0 Å². The second-order valence-corrected chi connectivity index (χ2v) is 8.57. The summed E-state index contributed by atoms with van der Waals surface area (Å²) in [6.45, 7) is 1.54. The summed E-state index contributed by atoms with van der Waals surface area (Å²) in [6, 6.07) is 8.37. The molecule has 1 aliphatic rings. The van der Waals surface area contributed by atoms with Crippen LogP contribution in [-0.2, 0) is 17.8 Å². The molecule has 0 bridgehead atoms. The van der Waals surface area contributed by atoms with E-state index in [1.54, 1.807) is 40.5 Å². The van der Waals surface area contributed by atoms with Crippen LogP contribution in [0.3, 0.4) is 0 Å². The zero-order chi connectivity index (χ0) is 16.8. The molecule has 0 radical (unpaired) electrons. The van der Waals surface area contributed by atoms with E-state index in [2.05, 4.69) is 33.9 Å². The molecule has 126 valence electrons. The zero-order valence-electron chi connectivity index (χ0n) is 13.2. The average Bonchev–Trinajstić information content (AvgIpc) is 3.26. The van der Waals surface area contributed by atoms with Crippen LogP contribution in [0.25, 0.3) is 0 Å². The molecule has 1 aliphatic heterocycles. The minimum absolute atomic E-state index is 0.416. The second kappa shape index (κ2) is 8.55. The van der Waals surface area contributed by atoms with Crippen molar-refractivity contribution in [3.63, 3.8) is 0 Å². The van der Waals surface area contributed by atoms with Gasteiger partial charge >= 0.3 is 5.97 Å². The highest BCUT2D eigenvalue weighted by Gasteiger charge is 2.21. The van der Waals surface area contributed by atoms with Crippen LogP contribution in [0.1, 0.15) is 16.2 Å². The average molecular weight is 378 g/mol. The van der Waals surface area contributed by atoms with Gasteiger partial charge in [0.1, 0.15) is 0 Å². The smallest absolute Gasteiger partial charge is 0.338 e. The van der Waals surface area contributed by atoms with Crippen LogP contribution < -0.4 is 0 Å². The van der Waals surface area contributed by atoms with Crippen LogP contribution in [0, 0.1) is 0 Å². The van der Waals surface area contributed by atoms with Crippen LogP contribution in [-0.4, -0.2) is 28.3 Å². The molecule has 0 aromatic carbocycles. The number of aliphatic carboxylic acids is 1. The van der Waals surface area contributed by atoms with Gasteiger partial charge in [-0.25, -0.2) is 4.79 Å². The Kier molecular flexibility index (Phi) is 6.18. The van der Waals surface area contributed by atoms with E-state index in [0.717, 1.165) is 36.7 Å². The lowest BCUT2D eigenvalue weighted by atomic mass is 10.2. The van der Waals surface area contributed by atoms with E-state index in [9.17, 15) is 9.90 Å². The number of carbonyl (C=O) groups is 1. The molecule has 0 unspecified atom stereocenters. The summed E-state index contributed by atoms with van der Waals surface area (Å²) in [5.41, 5.74) is 0.416. The molecule has 24 heavy (non-hydrogen) atoms. The summed E-state index contributed by atoms with van der Waals surface area (Å²) in [5, 5.41) is 14.6. The number of thiophene rings is 2. The molecule has 3 nitrogen and oxygen atoms in total. The maximum absolute atomic E-state index is 11.6.